The van der Waals surface area contributed by atoms with Gasteiger partial charge >= 0.3 is 0 Å². The average molecular weight is 398 g/mol. The van der Waals surface area contributed by atoms with Crippen LogP contribution in [0.4, 0.5) is 0 Å². The number of ether oxygens (including phenoxy) is 3. The molecule has 1 aromatic heterocycles. The van der Waals surface area contributed by atoms with Gasteiger partial charge in [0.05, 0.1) is 25.8 Å². The van der Waals surface area contributed by atoms with Gasteiger partial charge in [0, 0.05) is 19.0 Å². The predicted molar refractivity (Wildman–Crippen MR) is 99.8 cm³/mol. The molecule has 140 valence electrons. The van der Waals surface area contributed by atoms with Crippen LogP contribution in [0.3, 0.4) is 0 Å². The van der Waals surface area contributed by atoms with Gasteiger partial charge in [0.15, 0.2) is 11.5 Å². The molecule has 8 heteroatoms. The SMILES string of the molecule is COc1ccc(O[C@@H]2CCN(C(=O)c3sccc3Cl)C[C@H]2O)cc1OC. The number of likely N-dealkylation sites (tertiary alicyclic amines) is 1. The van der Waals surface area contributed by atoms with Crippen LogP contribution < -0.4 is 14.2 Å². The summed E-state index contributed by atoms with van der Waals surface area (Å²) in [4.78, 5) is 14.6. The van der Waals surface area contributed by atoms with Gasteiger partial charge in [-0.15, -0.1) is 11.3 Å². The monoisotopic (exact) mass is 397 g/mol. The second-order valence-electron chi connectivity index (χ2n) is 5.88. The van der Waals surface area contributed by atoms with Gasteiger partial charge in [-0.2, -0.15) is 0 Å². The molecule has 2 heterocycles. The maximum absolute atomic E-state index is 12.5. The van der Waals surface area contributed by atoms with E-state index in [0.29, 0.717) is 40.1 Å². The Hall–Kier alpha value is -1.96. The molecule has 3 rings (SSSR count). The molecule has 0 aliphatic carbocycles. The number of hydrogen-bond donors (Lipinski definition) is 1. The Morgan fingerprint density at radius 3 is 2.65 bits per heavy atom. The number of aliphatic hydroxyl groups excluding tert-OH is 1. The van der Waals surface area contributed by atoms with E-state index in [-0.39, 0.29) is 12.5 Å². The van der Waals surface area contributed by atoms with Crippen molar-refractivity contribution in [1.29, 1.82) is 0 Å². The summed E-state index contributed by atoms with van der Waals surface area (Å²) in [5.41, 5.74) is 0. The predicted octanol–water partition coefficient (Wildman–Crippen LogP) is 3.07. The van der Waals surface area contributed by atoms with Crippen molar-refractivity contribution in [3.8, 4) is 17.2 Å². The number of carbonyl (C=O) groups is 1. The normalized spacial score (nSPS) is 19.9. The van der Waals surface area contributed by atoms with Crippen LogP contribution in [0.2, 0.25) is 5.02 Å². The van der Waals surface area contributed by atoms with Crippen LogP contribution in [0.15, 0.2) is 29.6 Å². The molecule has 0 unspecified atom stereocenters. The topological polar surface area (TPSA) is 68.2 Å². The van der Waals surface area contributed by atoms with E-state index in [4.69, 9.17) is 25.8 Å². The van der Waals surface area contributed by atoms with Crippen molar-refractivity contribution in [3.05, 3.63) is 39.5 Å². The van der Waals surface area contributed by atoms with E-state index in [1.165, 1.54) is 11.3 Å². The van der Waals surface area contributed by atoms with Crippen LogP contribution in [0, 0.1) is 0 Å². The Morgan fingerprint density at radius 2 is 2.04 bits per heavy atom. The van der Waals surface area contributed by atoms with Crippen molar-refractivity contribution < 1.29 is 24.1 Å². The van der Waals surface area contributed by atoms with E-state index in [1.807, 2.05) is 0 Å². The Bertz CT molecular complexity index is 781. The van der Waals surface area contributed by atoms with Crippen molar-refractivity contribution >= 4 is 28.8 Å². The van der Waals surface area contributed by atoms with E-state index in [9.17, 15) is 9.90 Å². The van der Waals surface area contributed by atoms with Crippen molar-refractivity contribution in [2.75, 3.05) is 27.3 Å². The van der Waals surface area contributed by atoms with Crippen molar-refractivity contribution in [2.45, 2.75) is 18.6 Å². The third-order valence-corrected chi connectivity index (χ3v) is 5.59. The fourth-order valence-electron chi connectivity index (χ4n) is 2.89. The summed E-state index contributed by atoms with van der Waals surface area (Å²) in [6, 6.07) is 6.92. The van der Waals surface area contributed by atoms with E-state index < -0.39 is 12.2 Å². The number of carbonyl (C=O) groups excluding carboxylic acids is 1. The molecule has 1 aromatic carbocycles. The Morgan fingerprint density at radius 1 is 1.27 bits per heavy atom. The van der Waals surface area contributed by atoms with Crippen molar-refractivity contribution in [1.82, 2.24) is 4.90 Å². The van der Waals surface area contributed by atoms with Gasteiger partial charge in [-0.1, -0.05) is 11.6 Å². The Kier molecular flexibility index (Phi) is 5.90. The molecule has 1 aliphatic heterocycles. The maximum atomic E-state index is 12.5. The molecule has 1 fully saturated rings. The lowest BCUT2D eigenvalue weighted by Crippen LogP contribution is -2.50. The van der Waals surface area contributed by atoms with Gasteiger partial charge in [0.2, 0.25) is 0 Å². The molecule has 1 aliphatic rings. The molecule has 0 saturated carbocycles. The molecule has 1 saturated heterocycles. The fourth-order valence-corrected chi connectivity index (χ4v) is 3.99. The maximum Gasteiger partial charge on any atom is 0.265 e. The lowest BCUT2D eigenvalue weighted by Gasteiger charge is -2.35. The minimum Gasteiger partial charge on any atom is -0.493 e. The summed E-state index contributed by atoms with van der Waals surface area (Å²) in [6.07, 6.45) is -0.681. The lowest BCUT2D eigenvalue weighted by atomic mass is 10.0. The number of aliphatic hydroxyl groups is 1. The first-order chi connectivity index (χ1) is 12.5. The minimum atomic E-state index is -0.792. The first-order valence-corrected chi connectivity index (χ1v) is 9.38. The van der Waals surface area contributed by atoms with Crippen LogP contribution in [0.25, 0.3) is 0 Å². The largest absolute Gasteiger partial charge is 0.493 e. The fraction of sp³-hybridized carbons (Fsp3) is 0.389. The Labute approximate surface area is 160 Å². The number of β-amino-alcohol motifs (C(OH)–C–C–N with tert-alkyl or cyclic N) is 1. The number of benzene rings is 1. The quantitative estimate of drug-likeness (QED) is 0.839. The highest BCUT2D eigenvalue weighted by Crippen LogP contribution is 2.32. The molecule has 0 spiro atoms. The van der Waals surface area contributed by atoms with Crippen LogP contribution in [-0.2, 0) is 0 Å². The third-order valence-electron chi connectivity index (χ3n) is 4.26. The van der Waals surface area contributed by atoms with Gasteiger partial charge in [-0.05, 0) is 23.6 Å². The zero-order valence-corrected chi connectivity index (χ0v) is 16.0. The number of rotatable bonds is 5. The lowest BCUT2D eigenvalue weighted by molar-refractivity contribution is -0.0198. The summed E-state index contributed by atoms with van der Waals surface area (Å²) in [6.45, 7) is 0.688. The standard InChI is InChI=1S/C18H20ClNO5S/c1-23-15-4-3-11(9-16(15)24-2)25-14-5-7-20(10-13(14)21)18(22)17-12(19)6-8-26-17/h3-4,6,8-9,13-14,21H,5,7,10H2,1-2H3/t13-,14-/m1/s1. The molecule has 1 N–H and O–H groups in total. The van der Waals surface area contributed by atoms with Crippen LogP contribution >= 0.6 is 22.9 Å². The highest BCUT2D eigenvalue weighted by Gasteiger charge is 2.33. The number of amides is 1. The van der Waals surface area contributed by atoms with E-state index in [2.05, 4.69) is 0 Å². The second-order valence-corrected chi connectivity index (χ2v) is 7.20. The summed E-state index contributed by atoms with van der Waals surface area (Å²) >= 11 is 7.33. The first-order valence-electron chi connectivity index (χ1n) is 8.12. The van der Waals surface area contributed by atoms with Crippen molar-refractivity contribution in [2.24, 2.45) is 0 Å². The van der Waals surface area contributed by atoms with Gasteiger partial charge in [0.1, 0.15) is 22.8 Å². The van der Waals surface area contributed by atoms with Gasteiger partial charge in [-0.3, -0.25) is 4.79 Å². The zero-order valence-electron chi connectivity index (χ0n) is 14.5. The number of nitrogens with zero attached hydrogens (tertiary/aromatic N) is 1. The summed E-state index contributed by atoms with van der Waals surface area (Å²) < 4.78 is 16.4. The van der Waals surface area contributed by atoms with Crippen LogP contribution in [-0.4, -0.2) is 55.4 Å². The molecule has 26 heavy (non-hydrogen) atoms. The highest BCUT2D eigenvalue weighted by atomic mass is 35.5. The molecule has 2 aromatic rings. The molecule has 6 nitrogen and oxygen atoms in total. The van der Waals surface area contributed by atoms with E-state index in [0.717, 1.165) is 0 Å². The summed E-state index contributed by atoms with van der Waals surface area (Å²) in [5.74, 6) is 1.58. The van der Waals surface area contributed by atoms with Gasteiger partial charge in [-0.25, -0.2) is 0 Å². The second kappa shape index (κ2) is 8.16. The smallest absolute Gasteiger partial charge is 0.265 e. The number of halogens is 1. The third kappa shape index (κ3) is 3.90. The van der Waals surface area contributed by atoms with E-state index in [1.54, 1.807) is 48.8 Å². The number of hydrogen-bond acceptors (Lipinski definition) is 6. The molecular weight excluding hydrogens is 378 g/mol. The van der Waals surface area contributed by atoms with Gasteiger partial charge < -0.3 is 24.2 Å². The first kappa shape index (κ1) is 18.8. The molecular formula is C18H20ClNO5S. The van der Waals surface area contributed by atoms with Gasteiger partial charge in [0.25, 0.3) is 5.91 Å². The van der Waals surface area contributed by atoms with E-state index >= 15 is 0 Å². The van der Waals surface area contributed by atoms with Crippen molar-refractivity contribution in [3.63, 3.8) is 0 Å². The average Bonchev–Trinajstić information content (AvgIpc) is 3.08. The minimum absolute atomic E-state index is 0.159. The number of thiophene rings is 1. The zero-order chi connectivity index (χ0) is 18.7. The molecule has 1 amide bonds. The summed E-state index contributed by atoms with van der Waals surface area (Å²) in [5, 5.41) is 12.7. The molecule has 0 bridgehead atoms. The summed E-state index contributed by atoms with van der Waals surface area (Å²) in [7, 11) is 3.12. The molecule has 0 radical (unpaired) electrons. The van der Waals surface area contributed by atoms with Crippen LogP contribution in [0.5, 0.6) is 17.2 Å². The van der Waals surface area contributed by atoms with Crippen LogP contribution in [0.1, 0.15) is 16.1 Å². The highest BCUT2D eigenvalue weighted by molar-refractivity contribution is 7.12. The number of methoxy groups -OCH3 is 2. The molecule has 2 atom stereocenters. The number of piperidine rings is 1. The Balaban J connectivity index is 1.64.